The minimum atomic E-state index is -4.08. The highest BCUT2D eigenvalue weighted by atomic mass is 32.2. The molecule has 0 saturated heterocycles. The first kappa shape index (κ1) is 18.6. The predicted octanol–water partition coefficient (Wildman–Crippen LogP) is 4.09. The van der Waals surface area contributed by atoms with Crippen molar-refractivity contribution < 1.29 is 22.5 Å². The molecule has 3 aromatic rings. The van der Waals surface area contributed by atoms with Crippen LogP contribution in [0.15, 0.2) is 59.5 Å². The minimum Gasteiger partial charge on any atom is -0.493 e. The molecule has 0 aliphatic heterocycles. The van der Waals surface area contributed by atoms with Gasteiger partial charge in [-0.3, -0.25) is 14.8 Å². The zero-order valence-electron chi connectivity index (χ0n) is 14.2. The van der Waals surface area contributed by atoms with Crippen molar-refractivity contribution >= 4 is 32.2 Å². The van der Waals surface area contributed by atoms with E-state index in [2.05, 4.69) is 4.72 Å². The Hall–Kier alpha value is -3.20. The third-order valence-electron chi connectivity index (χ3n) is 3.83. The van der Waals surface area contributed by atoms with Gasteiger partial charge in [0, 0.05) is 16.8 Å². The van der Waals surface area contributed by atoms with Crippen molar-refractivity contribution in [3.8, 4) is 5.75 Å². The van der Waals surface area contributed by atoms with Gasteiger partial charge in [0.2, 0.25) is 5.82 Å². The van der Waals surface area contributed by atoms with E-state index in [4.69, 9.17) is 4.74 Å². The van der Waals surface area contributed by atoms with E-state index in [1.165, 1.54) is 6.07 Å². The maximum Gasteiger partial charge on any atom is 0.306 e. The molecular weight excluding hydrogens is 375 g/mol. The van der Waals surface area contributed by atoms with Gasteiger partial charge in [-0.2, -0.15) is 4.39 Å². The van der Waals surface area contributed by atoms with E-state index in [0.717, 1.165) is 18.2 Å². The zero-order valence-corrected chi connectivity index (χ0v) is 15.0. The number of ether oxygens (including phenoxy) is 1. The minimum absolute atomic E-state index is 0.0199. The van der Waals surface area contributed by atoms with Crippen molar-refractivity contribution in [1.29, 1.82) is 0 Å². The number of fused-ring (bicyclic) bond motifs is 1. The second-order valence-electron chi connectivity index (χ2n) is 5.57. The zero-order chi connectivity index (χ0) is 19.6. The van der Waals surface area contributed by atoms with Gasteiger partial charge in [-0.1, -0.05) is 24.3 Å². The first-order valence-electron chi connectivity index (χ1n) is 7.95. The lowest BCUT2D eigenvalue weighted by atomic mass is 10.1. The number of nitro benzene ring substituents is 1. The van der Waals surface area contributed by atoms with Crippen LogP contribution in [0.25, 0.3) is 10.8 Å². The van der Waals surface area contributed by atoms with Gasteiger partial charge in [-0.15, -0.1) is 0 Å². The Labute approximate surface area is 154 Å². The smallest absolute Gasteiger partial charge is 0.306 e. The lowest BCUT2D eigenvalue weighted by Gasteiger charge is -2.13. The van der Waals surface area contributed by atoms with Crippen molar-refractivity contribution in [1.82, 2.24) is 0 Å². The summed E-state index contributed by atoms with van der Waals surface area (Å²) < 4.78 is 46.9. The van der Waals surface area contributed by atoms with Crippen LogP contribution >= 0.6 is 0 Å². The molecule has 0 bridgehead atoms. The number of hydrogen-bond donors (Lipinski definition) is 1. The SMILES string of the molecule is CCOc1ccc(S(=O)(=O)Nc2ccc(F)c([N+](=O)[O-])c2)c2ccccc12. The normalized spacial score (nSPS) is 11.3. The second-order valence-corrected chi connectivity index (χ2v) is 7.22. The van der Waals surface area contributed by atoms with Crippen molar-refractivity contribution in [2.75, 3.05) is 11.3 Å². The van der Waals surface area contributed by atoms with Crippen LogP contribution in [-0.2, 0) is 10.0 Å². The van der Waals surface area contributed by atoms with Gasteiger partial charge in [-0.25, -0.2) is 8.42 Å². The highest BCUT2D eigenvalue weighted by molar-refractivity contribution is 7.93. The number of rotatable bonds is 6. The van der Waals surface area contributed by atoms with E-state index >= 15 is 0 Å². The monoisotopic (exact) mass is 390 g/mol. The molecule has 0 fully saturated rings. The van der Waals surface area contributed by atoms with E-state index in [1.807, 2.05) is 6.92 Å². The molecule has 0 aliphatic rings. The summed E-state index contributed by atoms with van der Waals surface area (Å²) in [4.78, 5) is 9.92. The summed E-state index contributed by atoms with van der Waals surface area (Å²) in [5, 5.41) is 11.9. The lowest BCUT2D eigenvalue weighted by Crippen LogP contribution is -2.14. The molecule has 0 amide bonds. The summed E-state index contributed by atoms with van der Waals surface area (Å²) in [6.07, 6.45) is 0. The van der Waals surface area contributed by atoms with Gasteiger partial charge in [0.05, 0.1) is 22.1 Å². The molecule has 0 spiro atoms. The summed E-state index contributed by atoms with van der Waals surface area (Å²) in [7, 11) is -4.08. The molecule has 9 heteroatoms. The molecule has 3 aromatic carbocycles. The summed E-state index contributed by atoms with van der Waals surface area (Å²) in [6.45, 7) is 2.25. The highest BCUT2D eigenvalue weighted by Crippen LogP contribution is 2.32. The van der Waals surface area contributed by atoms with Crippen molar-refractivity contribution in [2.24, 2.45) is 0 Å². The van der Waals surface area contributed by atoms with Gasteiger partial charge in [0.25, 0.3) is 10.0 Å². The molecule has 1 N–H and O–H groups in total. The van der Waals surface area contributed by atoms with Crippen LogP contribution < -0.4 is 9.46 Å². The Balaban J connectivity index is 2.07. The number of nitro groups is 1. The fourth-order valence-electron chi connectivity index (χ4n) is 2.69. The Kier molecular flexibility index (Phi) is 4.95. The van der Waals surface area contributed by atoms with Crippen LogP contribution in [0, 0.1) is 15.9 Å². The Morgan fingerprint density at radius 1 is 1.11 bits per heavy atom. The van der Waals surface area contributed by atoms with Crippen LogP contribution in [0.5, 0.6) is 5.75 Å². The molecule has 27 heavy (non-hydrogen) atoms. The number of anilines is 1. The topological polar surface area (TPSA) is 98.5 Å². The first-order chi connectivity index (χ1) is 12.8. The maximum absolute atomic E-state index is 13.5. The molecule has 0 radical (unpaired) electrons. The molecule has 0 saturated carbocycles. The molecule has 3 rings (SSSR count). The summed E-state index contributed by atoms with van der Waals surface area (Å²) in [6, 6.07) is 12.6. The van der Waals surface area contributed by atoms with E-state index in [9.17, 15) is 22.9 Å². The standard InChI is InChI=1S/C18H15FN2O5S/c1-2-26-17-9-10-18(14-6-4-3-5-13(14)17)27(24,25)20-12-7-8-15(19)16(11-12)21(22)23/h3-11,20H,2H2,1H3. The van der Waals surface area contributed by atoms with Crippen molar-refractivity contribution in [2.45, 2.75) is 11.8 Å². The number of nitrogens with one attached hydrogen (secondary N) is 1. The number of benzene rings is 3. The third-order valence-corrected chi connectivity index (χ3v) is 5.27. The van der Waals surface area contributed by atoms with E-state index in [0.29, 0.717) is 23.1 Å². The Bertz CT molecular complexity index is 1130. The van der Waals surface area contributed by atoms with Crippen LogP contribution in [0.4, 0.5) is 15.8 Å². The second kappa shape index (κ2) is 7.20. The molecule has 0 heterocycles. The molecular formula is C18H15FN2O5S. The van der Waals surface area contributed by atoms with Gasteiger partial charge < -0.3 is 4.74 Å². The summed E-state index contributed by atoms with van der Waals surface area (Å²) >= 11 is 0. The van der Waals surface area contributed by atoms with E-state index in [1.54, 1.807) is 30.3 Å². The van der Waals surface area contributed by atoms with E-state index < -0.39 is 26.5 Å². The average Bonchev–Trinajstić information content (AvgIpc) is 2.63. The molecule has 0 aliphatic carbocycles. The fraction of sp³-hybridized carbons (Fsp3) is 0.111. The largest absolute Gasteiger partial charge is 0.493 e. The number of sulfonamides is 1. The molecule has 140 valence electrons. The quantitative estimate of drug-likeness (QED) is 0.505. The van der Waals surface area contributed by atoms with Gasteiger partial charge in [-0.05, 0) is 31.2 Å². The van der Waals surface area contributed by atoms with E-state index in [-0.39, 0.29) is 10.6 Å². The van der Waals surface area contributed by atoms with Crippen molar-refractivity contribution in [3.63, 3.8) is 0 Å². The number of nitrogens with zero attached hydrogens (tertiary/aromatic N) is 1. The Morgan fingerprint density at radius 2 is 1.81 bits per heavy atom. The average molecular weight is 390 g/mol. The molecule has 0 atom stereocenters. The molecule has 0 aromatic heterocycles. The highest BCUT2D eigenvalue weighted by Gasteiger charge is 2.21. The van der Waals surface area contributed by atoms with Crippen LogP contribution in [-0.4, -0.2) is 19.9 Å². The van der Waals surface area contributed by atoms with Crippen molar-refractivity contribution in [3.05, 3.63) is 70.5 Å². The third kappa shape index (κ3) is 3.68. The predicted molar refractivity (Wildman–Crippen MR) is 99.0 cm³/mol. The number of halogens is 1. The number of hydrogen-bond acceptors (Lipinski definition) is 5. The maximum atomic E-state index is 13.5. The summed E-state index contributed by atoms with van der Waals surface area (Å²) in [5.74, 6) is -0.501. The van der Waals surface area contributed by atoms with Gasteiger partial charge in [0.15, 0.2) is 0 Å². The van der Waals surface area contributed by atoms with Crippen LogP contribution in [0.3, 0.4) is 0 Å². The van der Waals surface area contributed by atoms with Crippen LogP contribution in [0.1, 0.15) is 6.92 Å². The Morgan fingerprint density at radius 3 is 2.48 bits per heavy atom. The fourth-order valence-corrected chi connectivity index (χ4v) is 3.95. The molecule has 7 nitrogen and oxygen atoms in total. The van der Waals surface area contributed by atoms with Crippen LogP contribution in [0.2, 0.25) is 0 Å². The van der Waals surface area contributed by atoms with Gasteiger partial charge >= 0.3 is 5.69 Å². The first-order valence-corrected chi connectivity index (χ1v) is 9.43. The molecule has 0 unspecified atom stereocenters. The summed E-state index contributed by atoms with van der Waals surface area (Å²) in [5.41, 5.74) is -0.923. The van der Waals surface area contributed by atoms with Gasteiger partial charge in [0.1, 0.15) is 5.75 Å². The lowest BCUT2D eigenvalue weighted by molar-refractivity contribution is -0.387.